The van der Waals surface area contributed by atoms with Gasteiger partial charge >= 0.3 is 0 Å². The summed E-state index contributed by atoms with van der Waals surface area (Å²) in [5.41, 5.74) is 1.17. The molecule has 2 atom stereocenters. The minimum atomic E-state index is -0.337. The Labute approximate surface area is 83.3 Å². The normalized spacial score (nSPS) is 29.5. The molecule has 1 fully saturated rings. The molecule has 0 radical (unpaired) electrons. The zero-order chi connectivity index (χ0) is 8.55. The van der Waals surface area contributed by atoms with Crippen LogP contribution < -0.4 is 0 Å². The Bertz CT molecular complexity index is 274. The number of hydrogen-bond acceptors (Lipinski definition) is 3. The zero-order valence-electron chi connectivity index (χ0n) is 6.37. The Morgan fingerprint density at radius 2 is 2.33 bits per heavy atom. The van der Waals surface area contributed by atoms with Gasteiger partial charge in [0.25, 0.3) is 0 Å². The van der Waals surface area contributed by atoms with Crippen molar-refractivity contribution in [3.05, 3.63) is 20.8 Å². The quantitative estimate of drug-likeness (QED) is 0.824. The fourth-order valence-electron chi connectivity index (χ4n) is 1.40. The lowest BCUT2D eigenvalue weighted by Gasteiger charge is -2.10. The third kappa shape index (κ3) is 1.44. The first-order chi connectivity index (χ1) is 5.79. The average molecular weight is 249 g/mol. The lowest BCUT2D eigenvalue weighted by molar-refractivity contribution is 0.124. The standard InChI is InChI=1S/C8H9BrO2S/c9-7-4-12-3-6(7)5-1-11-2-8(5)10/h3-5,8,10H,1-2H2/t5-,8+/m0/s1. The van der Waals surface area contributed by atoms with E-state index in [1.165, 1.54) is 5.56 Å². The van der Waals surface area contributed by atoms with Crippen molar-refractivity contribution in [2.24, 2.45) is 0 Å². The van der Waals surface area contributed by atoms with E-state index in [-0.39, 0.29) is 12.0 Å². The minimum absolute atomic E-state index is 0.158. The molecule has 2 rings (SSSR count). The van der Waals surface area contributed by atoms with Crippen LogP contribution in [-0.2, 0) is 4.74 Å². The third-order valence-corrected chi connectivity index (χ3v) is 3.84. The number of ether oxygens (including phenoxy) is 1. The summed E-state index contributed by atoms with van der Waals surface area (Å²) < 4.78 is 6.27. The third-order valence-electron chi connectivity index (χ3n) is 2.09. The topological polar surface area (TPSA) is 29.5 Å². The number of aliphatic hydroxyl groups is 1. The highest BCUT2D eigenvalue weighted by Gasteiger charge is 2.29. The van der Waals surface area contributed by atoms with Gasteiger partial charge in [0.2, 0.25) is 0 Å². The fourth-order valence-corrected chi connectivity index (χ4v) is 3.05. The molecular formula is C8H9BrO2S. The van der Waals surface area contributed by atoms with Crippen LogP contribution in [0.4, 0.5) is 0 Å². The van der Waals surface area contributed by atoms with Crippen molar-refractivity contribution in [1.82, 2.24) is 0 Å². The number of aliphatic hydroxyl groups excluding tert-OH is 1. The minimum Gasteiger partial charge on any atom is -0.390 e. The van der Waals surface area contributed by atoms with Gasteiger partial charge in [-0.1, -0.05) is 0 Å². The Hall–Kier alpha value is 0.100. The van der Waals surface area contributed by atoms with Gasteiger partial charge in [-0.15, -0.1) is 0 Å². The van der Waals surface area contributed by atoms with Crippen molar-refractivity contribution in [2.45, 2.75) is 12.0 Å². The Balaban J connectivity index is 2.24. The Morgan fingerprint density at radius 1 is 1.50 bits per heavy atom. The first-order valence-corrected chi connectivity index (χ1v) is 5.50. The second-order valence-corrected chi connectivity index (χ2v) is 4.48. The maximum Gasteiger partial charge on any atom is 0.0864 e. The van der Waals surface area contributed by atoms with Crippen LogP contribution in [0.3, 0.4) is 0 Å². The van der Waals surface area contributed by atoms with Crippen LogP contribution in [0.2, 0.25) is 0 Å². The van der Waals surface area contributed by atoms with E-state index in [0.717, 1.165) is 4.47 Å². The van der Waals surface area contributed by atoms with E-state index >= 15 is 0 Å². The second-order valence-electron chi connectivity index (χ2n) is 2.89. The summed E-state index contributed by atoms with van der Waals surface area (Å²) >= 11 is 5.09. The van der Waals surface area contributed by atoms with Crippen molar-refractivity contribution in [2.75, 3.05) is 13.2 Å². The molecule has 0 saturated carbocycles. The number of thiophene rings is 1. The van der Waals surface area contributed by atoms with E-state index < -0.39 is 0 Å². The molecule has 0 unspecified atom stereocenters. The summed E-state index contributed by atoms with van der Waals surface area (Å²) in [5.74, 6) is 0.158. The molecule has 1 aromatic heterocycles. The molecule has 0 amide bonds. The molecule has 0 aliphatic carbocycles. The van der Waals surface area contributed by atoms with Gasteiger partial charge in [0.05, 0.1) is 19.3 Å². The van der Waals surface area contributed by atoms with E-state index in [0.29, 0.717) is 13.2 Å². The van der Waals surface area contributed by atoms with E-state index in [9.17, 15) is 5.11 Å². The molecule has 4 heteroatoms. The Morgan fingerprint density at radius 3 is 2.83 bits per heavy atom. The second kappa shape index (κ2) is 3.46. The largest absolute Gasteiger partial charge is 0.390 e. The molecule has 1 N–H and O–H groups in total. The van der Waals surface area contributed by atoms with Gasteiger partial charge in [-0.2, -0.15) is 11.3 Å². The van der Waals surface area contributed by atoms with Gasteiger partial charge in [0.1, 0.15) is 0 Å². The smallest absolute Gasteiger partial charge is 0.0864 e. The van der Waals surface area contributed by atoms with Crippen LogP contribution >= 0.6 is 27.3 Å². The molecule has 2 heterocycles. The van der Waals surface area contributed by atoms with E-state index in [4.69, 9.17) is 4.74 Å². The summed E-state index contributed by atoms with van der Waals surface area (Å²) in [6.45, 7) is 1.10. The summed E-state index contributed by atoms with van der Waals surface area (Å²) in [6, 6.07) is 0. The van der Waals surface area contributed by atoms with Crippen LogP contribution in [0.1, 0.15) is 11.5 Å². The first kappa shape index (κ1) is 8.69. The van der Waals surface area contributed by atoms with Crippen LogP contribution in [0, 0.1) is 0 Å². The molecule has 1 aliphatic heterocycles. The van der Waals surface area contributed by atoms with Crippen molar-refractivity contribution in [1.29, 1.82) is 0 Å². The molecule has 2 nitrogen and oxygen atoms in total. The number of hydrogen-bond donors (Lipinski definition) is 1. The van der Waals surface area contributed by atoms with Crippen LogP contribution in [0.15, 0.2) is 15.2 Å². The lowest BCUT2D eigenvalue weighted by atomic mass is 10.00. The van der Waals surface area contributed by atoms with Crippen LogP contribution in [0.5, 0.6) is 0 Å². The lowest BCUT2D eigenvalue weighted by Crippen LogP contribution is -2.15. The van der Waals surface area contributed by atoms with Gasteiger partial charge < -0.3 is 9.84 Å². The van der Waals surface area contributed by atoms with Crippen molar-refractivity contribution >= 4 is 27.3 Å². The van der Waals surface area contributed by atoms with Crippen molar-refractivity contribution < 1.29 is 9.84 Å². The van der Waals surface area contributed by atoms with Crippen molar-refractivity contribution in [3.63, 3.8) is 0 Å². The van der Waals surface area contributed by atoms with Crippen molar-refractivity contribution in [3.8, 4) is 0 Å². The van der Waals surface area contributed by atoms with E-state index in [2.05, 4.69) is 21.3 Å². The van der Waals surface area contributed by atoms with Gasteiger partial charge in [-0.3, -0.25) is 0 Å². The first-order valence-electron chi connectivity index (χ1n) is 3.76. The average Bonchev–Trinajstić information content (AvgIpc) is 2.59. The molecule has 1 aromatic rings. The highest BCUT2D eigenvalue weighted by Crippen LogP contribution is 2.33. The summed E-state index contributed by atoms with van der Waals surface area (Å²) in [6.07, 6.45) is -0.337. The SMILES string of the molecule is O[C@@H]1COC[C@H]1c1cscc1Br. The predicted octanol–water partition coefficient (Wildman–Crippen LogP) is 1.99. The van der Waals surface area contributed by atoms with E-state index in [1.807, 2.05) is 5.38 Å². The molecule has 0 aromatic carbocycles. The fraction of sp³-hybridized carbons (Fsp3) is 0.500. The molecule has 1 aliphatic rings. The Kier molecular flexibility index (Phi) is 2.50. The molecule has 66 valence electrons. The maximum atomic E-state index is 9.54. The molecule has 0 spiro atoms. The number of halogens is 1. The molecule has 1 saturated heterocycles. The van der Waals surface area contributed by atoms with E-state index in [1.54, 1.807) is 11.3 Å². The van der Waals surface area contributed by atoms with Gasteiger partial charge in [0.15, 0.2) is 0 Å². The van der Waals surface area contributed by atoms with Gasteiger partial charge in [0, 0.05) is 15.8 Å². The van der Waals surface area contributed by atoms with Crippen LogP contribution in [-0.4, -0.2) is 24.4 Å². The summed E-state index contributed by atoms with van der Waals surface area (Å²) in [4.78, 5) is 0. The molecular weight excluding hydrogens is 240 g/mol. The zero-order valence-corrected chi connectivity index (χ0v) is 8.77. The van der Waals surface area contributed by atoms with Gasteiger partial charge in [-0.05, 0) is 26.9 Å². The summed E-state index contributed by atoms with van der Waals surface area (Å²) in [7, 11) is 0. The van der Waals surface area contributed by atoms with Gasteiger partial charge in [-0.25, -0.2) is 0 Å². The highest BCUT2D eigenvalue weighted by molar-refractivity contribution is 9.10. The molecule has 12 heavy (non-hydrogen) atoms. The predicted molar refractivity (Wildman–Crippen MR) is 51.6 cm³/mol. The maximum absolute atomic E-state index is 9.54. The van der Waals surface area contributed by atoms with Crippen LogP contribution in [0.25, 0.3) is 0 Å². The monoisotopic (exact) mass is 248 g/mol. The highest BCUT2D eigenvalue weighted by atomic mass is 79.9. The molecule has 0 bridgehead atoms. The number of rotatable bonds is 1. The summed E-state index contributed by atoms with van der Waals surface area (Å²) in [5, 5.41) is 13.6.